The Labute approximate surface area is 88.2 Å². The lowest BCUT2D eigenvalue weighted by Gasteiger charge is -2.05. The average molecular weight is 206 g/mol. The Bertz CT molecular complexity index is 383. The Morgan fingerprint density at radius 1 is 1.57 bits per heavy atom. The largest absolute Gasteiger partial charge is 0.422 e. The first-order valence-corrected chi connectivity index (χ1v) is 4.54. The van der Waals surface area contributed by atoms with Crippen molar-refractivity contribution in [3.05, 3.63) is 35.9 Å². The van der Waals surface area contributed by atoms with Gasteiger partial charge in [-0.3, -0.25) is 0 Å². The van der Waals surface area contributed by atoms with Crippen molar-refractivity contribution in [1.29, 1.82) is 0 Å². The molecular weight excluding hydrogens is 196 g/mol. The lowest BCUT2D eigenvalue weighted by atomic mass is 10.1. The van der Waals surface area contributed by atoms with Gasteiger partial charge in [0.05, 0.1) is 5.37 Å². The molecule has 0 heterocycles. The predicted octanol–water partition coefficient (Wildman–Crippen LogP) is 2.54. The van der Waals surface area contributed by atoms with Gasteiger partial charge < -0.3 is 4.74 Å². The highest BCUT2D eigenvalue weighted by atomic mass is 32.1. The molecule has 0 N–H and O–H groups in total. The Balaban J connectivity index is 2.94. The lowest BCUT2D eigenvalue weighted by Crippen LogP contribution is -2.08. The fourth-order valence-corrected chi connectivity index (χ4v) is 1.09. The van der Waals surface area contributed by atoms with E-state index in [1.54, 1.807) is 12.1 Å². The number of carbonyl (C=O) groups is 1. The predicted molar refractivity (Wildman–Crippen MR) is 60.6 cm³/mol. The van der Waals surface area contributed by atoms with E-state index < -0.39 is 5.97 Å². The van der Waals surface area contributed by atoms with Crippen LogP contribution in [-0.4, -0.2) is 11.3 Å². The summed E-state index contributed by atoms with van der Waals surface area (Å²) >= 11 is 4.45. The van der Waals surface area contributed by atoms with Crippen molar-refractivity contribution in [3.8, 4) is 5.75 Å². The summed E-state index contributed by atoms with van der Waals surface area (Å²) in [6, 6.07) is 5.44. The first-order valence-electron chi connectivity index (χ1n) is 4.07. The quantitative estimate of drug-likeness (QED) is 0.432. The molecule has 0 aliphatic rings. The zero-order chi connectivity index (χ0) is 10.6. The second kappa shape index (κ2) is 4.67. The number of hydrogen-bond donors (Lipinski definition) is 0. The van der Waals surface area contributed by atoms with Gasteiger partial charge in [-0.2, -0.15) is 0 Å². The van der Waals surface area contributed by atoms with E-state index in [1.165, 1.54) is 0 Å². The van der Waals surface area contributed by atoms with Crippen molar-refractivity contribution in [3.63, 3.8) is 0 Å². The number of esters is 1. The highest BCUT2D eigenvalue weighted by Crippen LogP contribution is 2.19. The zero-order valence-electron chi connectivity index (χ0n) is 7.82. The maximum Gasteiger partial charge on any atom is 0.347 e. The average Bonchev–Trinajstić information content (AvgIpc) is 2.20. The first kappa shape index (κ1) is 10.6. The van der Waals surface area contributed by atoms with Crippen molar-refractivity contribution in [1.82, 2.24) is 0 Å². The Hall–Kier alpha value is -1.48. The molecule has 1 aromatic carbocycles. The molecule has 0 bridgehead atoms. The molecule has 3 heteroatoms. The van der Waals surface area contributed by atoms with Crippen LogP contribution in [0.15, 0.2) is 24.8 Å². The number of thiocarbonyl (C=S) groups is 1. The van der Waals surface area contributed by atoms with Gasteiger partial charge in [-0.15, -0.1) is 0 Å². The van der Waals surface area contributed by atoms with Gasteiger partial charge in [0.15, 0.2) is 0 Å². The van der Waals surface area contributed by atoms with E-state index in [2.05, 4.69) is 18.8 Å². The standard InChI is InChI=1S/C11H10O2S/c1-3-9-4-5-10(8(2)6-9)13-11(12)7-14/h3-7H,1H2,2H3. The molecule has 0 spiro atoms. The van der Waals surface area contributed by atoms with E-state index in [4.69, 9.17) is 4.74 Å². The van der Waals surface area contributed by atoms with Crippen LogP contribution in [0.4, 0.5) is 0 Å². The third-order valence-corrected chi connectivity index (χ3v) is 1.93. The van der Waals surface area contributed by atoms with E-state index in [0.717, 1.165) is 16.5 Å². The summed E-state index contributed by atoms with van der Waals surface area (Å²) in [4.78, 5) is 10.9. The van der Waals surface area contributed by atoms with Crippen molar-refractivity contribution >= 4 is 29.6 Å². The second-order valence-corrected chi connectivity index (χ2v) is 3.00. The molecule has 0 radical (unpaired) electrons. The summed E-state index contributed by atoms with van der Waals surface area (Å²) < 4.78 is 4.96. The molecule has 0 saturated heterocycles. The van der Waals surface area contributed by atoms with Gasteiger partial charge in [0.25, 0.3) is 0 Å². The van der Waals surface area contributed by atoms with E-state index in [0.29, 0.717) is 5.75 Å². The van der Waals surface area contributed by atoms with Crippen molar-refractivity contribution < 1.29 is 9.53 Å². The number of carbonyl (C=O) groups excluding carboxylic acids is 1. The van der Waals surface area contributed by atoms with Gasteiger partial charge in [-0.1, -0.05) is 30.9 Å². The maximum atomic E-state index is 10.9. The third kappa shape index (κ3) is 2.50. The molecule has 0 aliphatic heterocycles. The smallest absolute Gasteiger partial charge is 0.347 e. The van der Waals surface area contributed by atoms with E-state index in [9.17, 15) is 4.79 Å². The minimum absolute atomic E-state index is 0.519. The van der Waals surface area contributed by atoms with Crippen LogP contribution in [0.2, 0.25) is 0 Å². The first-order chi connectivity index (χ1) is 6.67. The topological polar surface area (TPSA) is 26.3 Å². The number of benzene rings is 1. The summed E-state index contributed by atoms with van der Waals surface area (Å²) in [7, 11) is 0. The number of hydrogen-bond acceptors (Lipinski definition) is 3. The van der Waals surface area contributed by atoms with Gasteiger partial charge in [0, 0.05) is 0 Å². The Morgan fingerprint density at radius 2 is 2.29 bits per heavy atom. The van der Waals surface area contributed by atoms with Crippen LogP contribution < -0.4 is 4.74 Å². The summed E-state index contributed by atoms with van der Waals surface area (Å²) in [6.45, 7) is 5.51. The maximum absolute atomic E-state index is 10.9. The highest BCUT2D eigenvalue weighted by Gasteiger charge is 2.03. The van der Waals surface area contributed by atoms with Crippen LogP contribution in [0.5, 0.6) is 5.75 Å². The van der Waals surface area contributed by atoms with Crippen molar-refractivity contribution in [2.24, 2.45) is 0 Å². The van der Waals surface area contributed by atoms with Crippen LogP contribution in [0.1, 0.15) is 11.1 Å². The highest BCUT2D eigenvalue weighted by molar-refractivity contribution is 7.80. The Morgan fingerprint density at radius 3 is 2.79 bits per heavy atom. The molecule has 0 aliphatic carbocycles. The van der Waals surface area contributed by atoms with E-state index in [1.807, 2.05) is 19.1 Å². The molecule has 1 rings (SSSR count). The zero-order valence-corrected chi connectivity index (χ0v) is 8.64. The van der Waals surface area contributed by atoms with Gasteiger partial charge >= 0.3 is 5.97 Å². The molecule has 0 unspecified atom stereocenters. The molecule has 0 aromatic heterocycles. The molecule has 0 amide bonds. The summed E-state index contributed by atoms with van der Waals surface area (Å²) in [5.41, 5.74) is 1.87. The molecule has 14 heavy (non-hydrogen) atoms. The Kier molecular flexibility index (Phi) is 3.54. The van der Waals surface area contributed by atoms with E-state index in [-0.39, 0.29) is 0 Å². The fraction of sp³-hybridized carbons (Fsp3) is 0.0909. The molecule has 0 fully saturated rings. The van der Waals surface area contributed by atoms with Crippen molar-refractivity contribution in [2.75, 3.05) is 0 Å². The third-order valence-electron chi connectivity index (χ3n) is 1.74. The van der Waals surface area contributed by atoms with Crippen LogP contribution in [0.25, 0.3) is 6.08 Å². The molecule has 0 saturated carbocycles. The minimum atomic E-state index is -0.519. The molecule has 2 nitrogen and oxygen atoms in total. The summed E-state index contributed by atoms with van der Waals surface area (Å²) in [5, 5.41) is 0.973. The summed E-state index contributed by atoms with van der Waals surface area (Å²) in [5.74, 6) is 0.0103. The monoisotopic (exact) mass is 206 g/mol. The normalized spacial score (nSPS) is 9.21. The van der Waals surface area contributed by atoms with Gasteiger partial charge in [0.2, 0.25) is 0 Å². The summed E-state index contributed by atoms with van der Waals surface area (Å²) in [6.07, 6.45) is 1.73. The van der Waals surface area contributed by atoms with Crippen LogP contribution in [0.3, 0.4) is 0 Å². The number of rotatable bonds is 3. The van der Waals surface area contributed by atoms with E-state index >= 15 is 0 Å². The molecular formula is C11H10O2S. The van der Waals surface area contributed by atoms with Gasteiger partial charge in [-0.25, -0.2) is 4.79 Å². The van der Waals surface area contributed by atoms with Crippen LogP contribution >= 0.6 is 12.2 Å². The van der Waals surface area contributed by atoms with Crippen LogP contribution in [0, 0.1) is 6.92 Å². The molecule has 0 atom stereocenters. The number of aryl methyl sites for hydroxylation is 1. The second-order valence-electron chi connectivity index (χ2n) is 2.77. The van der Waals surface area contributed by atoms with Crippen molar-refractivity contribution in [2.45, 2.75) is 6.92 Å². The SMILES string of the molecule is C=Cc1ccc(OC(=O)C=S)c(C)c1. The fourth-order valence-electron chi connectivity index (χ4n) is 1.05. The van der Waals surface area contributed by atoms with Crippen LogP contribution in [-0.2, 0) is 4.79 Å². The van der Waals surface area contributed by atoms with Gasteiger partial charge in [0.1, 0.15) is 5.75 Å². The lowest BCUT2D eigenvalue weighted by molar-refractivity contribution is -0.126. The molecule has 72 valence electrons. The van der Waals surface area contributed by atoms with Gasteiger partial charge in [-0.05, 0) is 30.2 Å². The number of ether oxygens (including phenoxy) is 1. The minimum Gasteiger partial charge on any atom is -0.422 e. The molecule has 1 aromatic rings.